The normalized spacial score (nSPS) is 14.3. The lowest BCUT2D eigenvalue weighted by atomic mass is 10.1. The minimum absolute atomic E-state index is 0.124. The fourth-order valence-corrected chi connectivity index (χ4v) is 3.65. The number of nitrogens with zero attached hydrogens (tertiary/aromatic N) is 2. The van der Waals surface area contributed by atoms with Crippen molar-refractivity contribution in [1.29, 1.82) is 0 Å². The van der Waals surface area contributed by atoms with E-state index >= 15 is 0 Å². The summed E-state index contributed by atoms with van der Waals surface area (Å²) < 4.78 is 7.57. The van der Waals surface area contributed by atoms with E-state index in [4.69, 9.17) is 10.5 Å². The maximum absolute atomic E-state index is 12.3. The number of fused-ring (bicyclic) bond motifs is 1. The molecule has 8 nitrogen and oxygen atoms in total. The second-order valence-electron chi connectivity index (χ2n) is 7.27. The highest BCUT2D eigenvalue weighted by molar-refractivity contribution is 6.04. The van der Waals surface area contributed by atoms with Crippen LogP contribution >= 0.6 is 0 Å². The van der Waals surface area contributed by atoms with Gasteiger partial charge in [0.1, 0.15) is 28.6 Å². The molecular weight excluding hydrogens is 406 g/mol. The predicted molar refractivity (Wildman–Crippen MR) is 121 cm³/mol. The van der Waals surface area contributed by atoms with Crippen LogP contribution in [0, 0.1) is 11.8 Å². The maximum atomic E-state index is 12.3. The van der Waals surface area contributed by atoms with Crippen molar-refractivity contribution in [2.45, 2.75) is 19.4 Å². The van der Waals surface area contributed by atoms with Crippen LogP contribution in [0.2, 0.25) is 0 Å². The number of anilines is 1. The number of para-hydroxylation sites is 1. The Bertz CT molecular complexity index is 1190. The van der Waals surface area contributed by atoms with Crippen LogP contribution in [-0.2, 0) is 4.79 Å². The van der Waals surface area contributed by atoms with Crippen LogP contribution in [0.5, 0.6) is 11.5 Å². The second-order valence-corrected chi connectivity index (χ2v) is 7.27. The summed E-state index contributed by atoms with van der Waals surface area (Å²) >= 11 is 0. The van der Waals surface area contributed by atoms with Crippen molar-refractivity contribution in [3.63, 3.8) is 0 Å². The van der Waals surface area contributed by atoms with E-state index in [0.717, 1.165) is 17.7 Å². The van der Waals surface area contributed by atoms with Gasteiger partial charge < -0.3 is 21.1 Å². The van der Waals surface area contributed by atoms with Crippen LogP contribution in [0.4, 0.5) is 5.82 Å². The molecular formula is C24H23N5O3. The van der Waals surface area contributed by atoms with E-state index in [-0.39, 0.29) is 11.9 Å². The van der Waals surface area contributed by atoms with Gasteiger partial charge >= 0.3 is 0 Å². The lowest BCUT2D eigenvalue weighted by Gasteiger charge is -2.25. The SMILES string of the molecule is CC#CC(=O)NCC1CCNc2c(C(N)=O)c(-c3ccc(Oc4ccccc4)cc3)nn21. The average Bonchev–Trinajstić information content (AvgIpc) is 3.19. The van der Waals surface area contributed by atoms with Crippen molar-refractivity contribution in [2.24, 2.45) is 5.73 Å². The number of ether oxygens (including phenoxy) is 1. The van der Waals surface area contributed by atoms with Gasteiger partial charge in [0.2, 0.25) is 0 Å². The first-order chi connectivity index (χ1) is 15.6. The molecule has 32 heavy (non-hydrogen) atoms. The van der Waals surface area contributed by atoms with Crippen LogP contribution in [0.1, 0.15) is 29.7 Å². The Labute approximate surface area is 185 Å². The number of nitrogens with one attached hydrogen (secondary N) is 2. The number of nitrogens with two attached hydrogens (primary N) is 1. The van der Waals surface area contributed by atoms with Crippen molar-refractivity contribution in [3.8, 4) is 34.6 Å². The highest BCUT2D eigenvalue weighted by Gasteiger charge is 2.29. The van der Waals surface area contributed by atoms with E-state index in [1.54, 1.807) is 11.6 Å². The topological polar surface area (TPSA) is 111 Å². The zero-order valence-electron chi connectivity index (χ0n) is 17.6. The van der Waals surface area contributed by atoms with Crippen molar-refractivity contribution < 1.29 is 14.3 Å². The largest absolute Gasteiger partial charge is 0.457 e. The molecule has 3 aromatic rings. The van der Waals surface area contributed by atoms with Crippen LogP contribution in [0.3, 0.4) is 0 Å². The fraction of sp³-hybridized carbons (Fsp3) is 0.208. The molecule has 1 atom stereocenters. The Morgan fingerprint density at radius 1 is 1.19 bits per heavy atom. The van der Waals surface area contributed by atoms with Crippen LogP contribution < -0.4 is 21.1 Å². The van der Waals surface area contributed by atoms with E-state index in [1.165, 1.54) is 0 Å². The van der Waals surface area contributed by atoms with Gasteiger partial charge in [-0.3, -0.25) is 9.59 Å². The Kier molecular flexibility index (Phi) is 6.08. The second kappa shape index (κ2) is 9.27. The predicted octanol–water partition coefficient (Wildman–Crippen LogP) is 2.94. The molecule has 1 aliphatic rings. The summed E-state index contributed by atoms with van der Waals surface area (Å²) in [6.45, 7) is 2.60. The van der Waals surface area contributed by atoms with Gasteiger partial charge in [-0.05, 0) is 55.7 Å². The Balaban J connectivity index is 1.62. The first-order valence-corrected chi connectivity index (χ1v) is 10.3. The minimum atomic E-state index is -0.570. The Hall–Kier alpha value is -4.25. The first-order valence-electron chi connectivity index (χ1n) is 10.3. The summed E-state index contributed by atoms with van der Waals surface area (Å²) in [6, 6.07) is 16.7. The van der Waals surface area contributed by atoms with Crippen molar-refractivity contribution in [2.75, 3.05) is 18.4 Å². The number of primary amides is 1. The smallest absolute Gasteiger partial charge is 0.295 e. The molecule has 1 aliphatic heterocycles. The number of carbonyl (C=O) groups excluding carboxylic acids is 2. The molecule has 0 aliphatic carbocycles. The summed E-state index contributed by atoms with van der Waals surface area (Å²) in [5, 5.41) is 10.7. The number of hydrogen-bond donors (Lipinski definition) is 3. The summed E-state index contributed by atoms with van der Waals surface area (Å²) in [5.74, 6) is 6.08. The van der Waals surface area contributed by atoms with Crippen LogP contribution in [0.25, 0.3) is 11.3 Å². The molecule has 2 aromatic carbocycles. The zero-order valence-corrected chi connectivity index (χ0v) is 17.6. The zero-order chi connectivity index (χ0) is 22.5. The molecule has 0 spiro atoms. The molecule has 1 unspecified atom stereocenters. The summed E-state index contributed by atoms with van der Waals surface area (Å²) in [5.41, 5.74) is 7.26. The summed E-state index contributed by atoms with van der Waals surface area (Å²) in [6.07, 6.45) is 0.732. The lowest BCUT2D eigenvalue weighted by Crippen LogP contribution is -2.34. The number of hydrogen-bond acceptors (Lipinski definition) is 5. The molecule has 162 valence electrons. The number of rotatable bonds is 6. The number of aromatic nitrogens is 2. The van der Waals surface area contributed by atoms with Gasteiger partial charge in [0.25, 0.3) is 11.8 Å². The van der Waals surface area contributed by atoms with Crippen LogP contribution in [0.15, 0.2) is 54.6 Å². The molecule has 0 fully saturated rings. The molecule has 2 amide bonds. The Morgan fingerprint density at radius 2 is 1.91 bits per heavy atom. The van der Waals surface area contributed by atoms with Gasteiger partial charge in [0.05, 0.1) is 6.04 Å². The van der Waals surface area contributed by atoms with Crippen molar-refractivity contribution in [1.82, 2.24) is 15.1 Å². The molecule has 2 heterocycles. The number of carbonyl (C=O) groups is 2. The fourth-order valence-electron chi connectivity index (χ4n) is 3.65. The van der Waals surface area contributed by atoms with Gasteiger partial charge in [-0.15, -0.1) is 0 Å². The third kappa shape index (κ3) is 4.42. The summed E-state index contributed by atoms with van der Waals surface area (Å²) in [4.78, 5) is 24.1. The summed E-state index contributed by atoms with van der Waals surface area (Å²) in [7, 11) is 0. The molecule has 0 bridgehead atoms. The first kappa shape index (κ1) is 21.0. The molecule has 0 saturated carbocycles. The molecule has 4 rings (SSSR count). The van der Waals surface area contributed by atoms with Crippen molar-refractivity contribution in [3.05, 3.63) is 60.2 Å². The van der Waals surface area contributed by atoms with Crippen LogP contribution in [-0.4, -0.2) is 34.7 Å². The quantitative estimate of drug-likeness (QED) is 0.522. The molecule has 0 saturated heterocycles. The highest BCUT2D eigenvalue weighted by atomic mass is 16.5. The Morgan fingerprint density at radius 3 is 2.59 bits per heavy atom. The van der Waals surface area contributed by atoms with Gasteiger partial charge in [-0.25, -0.2) is 4.68 Å². The standard InChI is InChI=1S/C24H23N5O3/c1-2-6-20(30)27-15-17-13-14-26-24-21(23(25)31)22(28-29(17)24)16-9-11-19(12-10-16)32-18-7-4-3-5-8-18/h3-5,7-12,17,26H,13-15H2,1H3,(H2,25,31)(H,27,30). The van der Waals surface area contributed by atoms with Gasteiger partial charge in [0, 0.05) is 18.7 Å². The van der Waals surface area contributed by atoms with Gasteiger partial charge in [-0.1, -0.05) is 24.1 Å². The van der Waals surface area contributed by atoms with E-state index < -0.39 is 5.91 Å². The van der Waals surface area contributed by atoms with Crippen molar-refractivity contribution >= 4 is 17.6 Å². The molecule has 1 aromatic heterocycles. The third-order valence-corrected chi connectivity index (χ3v) is 5.12. The minimum Gasteiger partial charge on any atom is -0.457 e. The molecule has 8 heteroatoms. The molecule has 4 N–H and O–H groups in total. The van der Waals surface area contributed by atoms with E-state index in [0.29, 0.717) is 35.9 Å². The monoisotopic (exact) mass is 429 g/mol. The number of amides is 2. The van der Waals surface area contributed by atoms with Gasteiger partial charge in [0.15, 0.2) is 0 Å². The number of benzene rings is 2. The van der Waals surface area contributed by atoms with E-state index in [9.17, 15) is 9.59 Å². The average molecular weight is 429 g/mol. The molecule has 0 radical (unpaired) electrons. The van der Waals surface area contributed by atoms with E-state index in [1.807, 2.05) is 54.6 Å². The van der Waals surface area contributed by atoms with Gasteiger partial charge in [-0.2, -0.15) is 5.10 Å². The van der Waals surface area contributed by atoms with E-state index in [2.05, 4.69) is 27.6 Å². The third-order valence-electron chi connectivity index (χ3n) is 5.12. The maximum Gasteiger partial charge on any atom is 0.295 e. The lowest BCUT2D eigenvalue weighted by molar-refractivity contribution is -0.115. The highest BCUT2D eigenvalue weighted by Crippen LogP contribution is 2.35.